The predicted molar refractivity (Wildman–Crippen MR) is 151 cm³/mol. The Morgan fingerprint density at radius 1 is 1.08 bits per heavy atom. The van der Waals surface area contributed by atoms with Gasteiger partial charge >= 0.3 is 6.09 Å². The van der Waals surface area contributed by atoms with Crippen LogP contribution in [0.15, 0.2) is 30.8 Å². The van der Waals surface area contributed by atoms with Crippen LogP contribution in [0.5, 0.6) is 0 Å². The maximum absolute atomic E-state index is 14.3. The van der Waals surface area contributed by atoms with E-state index in [1.54, 1.807) is 31.7 Å². The van der Waals surface area contributed by atoms with Crippen molar-refractivity contribution in [3.63, 3.8) is 0 Å². The minimum atomic E-state index is -0.888. The predicted octanol–water partition coefficient (Wildman–Crippen LogP) is 6.24. The molecule has 0 aliphatic carbocycles. The van der Waals surface area contributed by atoms with Gasteiger partial charge in [-0.25, -0.2) is 4.79 Å². The molecule has 0 aromatic heterocycles. The summed E-state index contributed by atoms with van der Waals surface area (Å²) in [5.41, 5.74) is 0.110. The molecule has 1 aromatic rings. The highest BCUT2D eigenvalue weighted by Crippen LogP contribution is 2.32. The van der Waals surface area contributed by atoms with E-state index in [9.17, 15) is 14.4 Å². The van der Waals surface area contributed by atoms with Gasteiger partial charge in [-0.05, 0) is 71.1 Å². The lowest BCUT2D eigenvalue weighted by molar-refractivity contribution is -0.149. The molecule has 3 unspecified atom stereocenters. The van der Waals surface area contributed by atoms with Gasteiger partial charge in [0, 0.05) is 12.1 Å². The Morgan fingerprint density at radius 3 is 2.24 bits per heavy atom. The molecule has 1 aromatic carbocycles. The standard InChI is InChI=1S/C30H49N3O4/c1-11-14-15-19-31-26(34)25(23-18-16-17-22(13-3)20-23)33(29(5,6)7)27(35)24(21(4)12-2)32-28(36)37-30(8,9)10/h13,16-18,20-21,24-25H,3,11-12,14-15,19H2,1-2,4-10H3,(H,31,34)(H,32,36). The van der Waals surface area contributed by atoms with Crippen molar-refractivity contribution in [1.82, 2.24) is 15.5 Å². The zero-order chi connectivity index (χ0) is 28.4. The zero-order valence-corrected chi connectivity index (χ0v) is 24.4. The lowest BCUT2D eigenvalue weighted by Crippen LogP contribution is -2.60. The number of alkyl carbamates (subject to hydrolysis) is 1. The van der Waals surface area contributed by atoms with Gasteiger partial charge in [0.1, 0.15) is 17.7 Å². The number of nitrogens with one attached hydrogen (secondary N) is 2. The van der Waals surface area contributed by atoms with Crippen molar-refractivity contribution >= 4 is 24.0 Å². The van der Waals surface area contributed by atoms with E-state index in [1.165, 1.54) is 0 Å². The largest absolute Gasteiger partial charge is 0.444 e. The summed E-state index contributed by atoms with van der Waals surface area (Å²) >= 11 is 0. The molecule has 0 aliphatic heterocycles. The van der Waals surface area contributed by atoms with Gasteiger partial charge < -0.3 is 20.3 Å². The number of nitrogens with zero attached hydrogens (tertiary/aromatic N) is 1. The first kappa shape index (κ1) is 32.2. The molecule has 3 atom stereocenters. The normalized spacial score (nSPS) is 14.2. The molecule has 0 fully saturated rings. The Bertz CT molecular complexity index is 914. The molecule has 37 heavy (non-hydrogen) atoms. The summed E-state index contributed by atoms with van der Waals surface area (Å²) in [5, 5.41) is 5.85. The fraction of sp³-hybridized carbons (Fsp3) is 0.633. The second-order valence-electron chi connectivity index (χ2n) is 11.7. The zero-order valence-electron chi connectivity index (χ0n) is 24.4. The number of ether oxygens (including phenoxy) is 1. The van der Waals surface area contributed by atoms with E-state index in [1.807, 2.05) is 58.9 Å². The van der Waals surface area contributed by atoms with Crippen LogP contribution >= 0.6 is 0 Å². The topological polar surface area (TPSA) is 87.7 Å². The lowest BCUT2D eigenvalue weighted by atomic mass is 9.91. The summed E-state index contributed by atoms with van der Waals surface area (Å²) in [5.74, 6) is -0.760. The van der Waals surface area contributed by atoms with Crippen molar-refractivity contribution in [2.75, 3.05) is 6.54 Å². The first-order chi connectivity index (χ1) is 17.2. The van der Waals surface area contributed by atoms with Gasteiger partial charge in [0.05, 0.1) is 0 Å². The van der Waals surface area contributed by atoms with E-state index >= 15 is 0 Å². The summed E-state index contributed by atoms with van der Waals surface area (Å²) in [7, 11) is 0. The average molecular weight is 516 g/mol. The van der Waals surface area contributed by atoms with E-state index in [-0.39, 0.29) is 17.7 Å². The molecule has 3 amide bonds. The molecule has 208 valence electrons. The second kappa shape index (κ2) is 14.2. The van der Waals surface area contributed by atoms with Gasteiger partial charge in [0.25, 0.3) is 0 Å². The van der Waals surface area contributed by atoms with Gasteiger partial charge in [-0.1, -0.05) is 70.9 Å². The maximum Gasteiger partial charge on any atom is 0.408 e. The van der Waals surface area contributed by atoms with E-state index in [2.05, 4.69) is 24.1 Å². The lowest BCUT2D eigenvalue weighted by Gasteiger charge is -2.44. The Hall–Kier alpha value is -2.83. The second-order valence-corrected chi connectivity index (χ2v) is 11.7. The van der Waals surface area contributed by atoms with Crippen LogP contribution in [0.3, 0.4) is 0 Å². The van der Waals surface area contributed by atoms with Gasteiger partial charge in [0.2, 0.25) is 11.8 Å². The summed E-state index contributed by atoms with van der Waals surface area (Å²) < 4.78 is 5.47. The minimum Gasteiger partial charge on any atom is -0.444 e. The number of carbonyl (C=O) groups excluding carboxylic acids is 3. The first-order valence-corrected chi connectivity index (χ1v) is 13.5. The molecule has 1 rings (SSSR count). The van der Waals surface area contributed by atoms with Crippen molar-refractivity contribution in [3.05, 3.63) is 42.0 Å². The minimum absolute atomic E-state index is 0.183. The molecule has 0 saturated heterocycles. The quantitative estimate of drug-likeness (QED) is 0.322. The van der Waals surface area contributed by atoms with Crippen LogP contribution in [0.25, 0.3) is 6.08 Å². The highest BCUT2D eigenvalue weighted by Gasteiger charge is 2.43. The van der Waals surface area contributed by atoms with E-state index < -0.39 is 29.3 Å². The number of unbranched alkanes of at least 4 members (excludes halogenated alkanes) is 2. The molecular formula is C30H49N3O4. The monoisotopic (exact) mass is 515 g/mol. The van der Waals surface area contributed by atoms with Crippen molar-refractivity contribution < 1.29 is 19.1 Å². The van der Waals surface area contributed by atoms with E-state index in [0.717, 1.165) is 24.8 Å². The molecule has 0 saturated carbocycles. The molecule has 7 nitrogen and oxygen atoms in total. The summed E-state index contributed by atoms with van der Waals surface area (Å²) in [4.78, 5) is 42.4. The molecule has 0 radical (unpaired) electrons. The Kier molecular flexibility index (Phi) is 12.4. The number of carbonyl (C=O) groups is 3. The van der Waals surface area contributed by atoms with Crippen LogP contribution < -0.4 is 10.6 Å². The van der Waals surface area contributed by atoms with Crippen LogP contribution in [0.4, 0.5) is 4.79 Å². The summed E-state index contributed by atoms with van der Waals surface area (Å²) in [6, 6.07) is 5.75. The molecule has 0 spiro atoms. The number of hydrogen-bond acceptors (Lipinski definition) is 4. The Morgan fingerprint density at radius 2 is 1.73 bits per heavy atom. The van der Waals surface area contributed by atoms with Crippen LogP contribution in [0, 0.1) is 5.92 Å². The van der Waals surface area contributed by atoms with Gasteiger partial charge in [-0.2, -0.15) is 0 Å². The van der Waals surface area contributed by atoms with Crippen molar-refractivity contribution in [1.29, 1.82) is 0 Å². The van der Waals surface area contributed by atoms with Gasteiger partial charge in [-0.15, -0.1) is 0 Å². The first-order valence-electron chi connectivity index (χ1n) is 13.5. The van der Waals surface area contributed by atoms with Gasteiger partial charge in [-0.3, -0.25) is 9.59 Å². The summed E-state index contributed by atoms with van der Waals surface area (Å²) in [6.45, 7) is 21.4. The van der Waals surface area contributed by atoms with Crippen LogP contribution in [-0.2, 0) is 14.3 Å². The summed E-state index contributed by atoms with van der Waals surface area (Å²) in [6.07, 6.45) is 4.63. The van der Waals surface area contributed by atoms with Crippen molar-refractivity contribution in [2.24, 2.45) is 5.92 Å². The highest BCUT2D eigenvalue weighted by atomic mass is 16.6. The third-order valence-electron chi connectivity index (χ3n) is 6.16. The van der Waals surface area contributed by atoms with Crippen LogP contribution in [-0.4, -0.2) is 46.5 Å². The number of benzene rings is 1. The fourth-order valence-corrected chi connectivity index (χ4v) is 4.07. The van der Waals surface area contributed by atoms with E-state index in [0.29, 0.717) is 18.5 Å². The average Bonchev–Trinajstić information content (AvgIpc) is 2.80. The maximum atomic E-state index is 14.3. The Labute approximate surface area is 224 Å². The molecular weight excluding hydrogens is 466 g/mol. The number of amides is 3. The van der Waals surface area contributed by atoms with Crippen LogP contribution in [0.2, 0.25) is 0 Å². The fourth-order valence-electron chi connectivity index (χ4n) is 4.07. The number of hydrogen-bond donors (Lipinski definition) is 2. The molecule has 7 heteroatoms. The number of rotatable bonds is 12. The Balaban J connectivity index is 3.57. The third-order valence-corrected chi connectivity index (χ3v) is 6.16. The molecule has 0 heterocycles. The SMILES string of the molecule is C=Cc1cccc(C(C(=O)NCCCCC)N(C(=O)C(NC(=O)OC(C)(C)C)C(C)CC)C(C)(C)C)c1. The van der Waals surface area contributed by atoms with E-state index in [4.69, 9.17) is 4.74 Å². The highest BCUT2D eigenvalue weighted by molar-refractivity contribution is 5.93. The molecule has 0 bridgehead atoms. The van der Waals surface area contributed by atoms with Crippen molar-refractivity contribution in [2.45, 2.75) is 111 Å². The molecule has 0 aliphatic rings. The van der Waals surface area contributed by atoms with Crippen molar-refractivity contribution in [3.8, 4) is 0 Å². The van der Waals surface area contributed by atoms with Crippen LogP contribution in [0.1, 0.15) is 105 Å². The third kappa shape index (κ3) is 10.2. The van der Waals surface area contributed by atoms with Gasteiger partial charge in [0.15, 0.2) is 0 Å². The molecule has 2 N–H and O–H groups in total. The smallest absolute Gasteiger partial charge is 0.408 e.